The first-order valence-electron chi connectivity index (χ1n) is 7.62. The molecule has 0 radical (unpaired) electrons. The van der Waals surface area contributed by atoms with E-state index in [9.17, 15) is 0 Å². The summed E-state index contributed by atoms with van der Waals surface area (Å²) in [6, 6.07) is 23.4. The number of allylic oxidation sites excluding steroid dienone is 2. The SMILES string of the molecule is CC1=CC(c2ccccc2)=Nc2cc3ccccc3cc2C1. The summed E-state index contributed by atoms with van der Waals surface area (Å²) in [6.45, 7) is 2.18. The molecule has 0 unspecified atom stereocenters. The molecule has 1 aliphatic rings. The molecule has 0 spiro atoms. The van der Waals surface area contributed by atoms with Gasteiger partial charge in [0.1, 0.15) is 0 Å². The number of fused-ring (bicyclic) bond motifs is 2. The van der Waals surface area contributed by atoms with Gasteiger partial charge in [-0.25, -0.2) is 4.99 Å². The molecule has 0 N–H and O–H groups in total. The summed E-state index contributed by atoms with van der Waals surface area (Å²) in [4.78, 5) is 4.95. The van der Waals surface area contributed by atoms with E-state index in [0.717, 1.165) is 17.8 Å². The maximum absolute atomic E-state index is 4.95. The molecule has 0 aromatic heterocycles. The van der Waals surface area contributed by atoms with Crippen LogP contribution in [-0.2, 0) is 6.42 Å². The van der Waals surface area contributed by atoms with Crippen molar-refractivity contribution >= 4 is 22.2 Å². The van der Waals surface area contributed by atoms with Crippen molar-refractivity contribution in [3.63, 3.8) is 0 Å². The molecule has 0 saturated carbocycles. The molecule has 0 fully saturated rings. The first kappa shape index (κ1) is 13.0. The van der Waals surface area contributed by atoms with E-state index >= 15 is 0 Å². The van der Waals surface area contributed by atoms with Crippen molar-refractivity contribution in [2.24, 2.45) is 4.99 Å². The van der Waals surface area contributed by atoms with Crippen LogP contribution in [0.3, 0.4) is 0 Å². The van der Waals surface area contributed by atoms with Crippen molar-refractivity contribution < 1.29 is 0 Å². The highest BCUT2D eigenvalue weighted by Crippen LogP contribution is 2.31. The minimum atomic E-state index is 0.958. The quantitative estimate of drug-likeness (QED) is 0.562. The van der Waals surface area contributed by atoms with Gasteiger partial charge in [0.15, 0.2) is 0 Å². The van der Waals surface area contributed by atoms with Gasteiger partial charge in [0.25, 0.3) is 0 Å². The third-order valence-electron chi connectivity index (χ3n) is 4.11. The first-order valence-corrected chi connectivity index (χ1v) is 7.62. The summed E-state index contributed by atoms with van der Waals surface area (Å²) in [5.41, 5.74) is 5.95. The normalized spacial score (nSPS) is 14.0. The topological polar surface area (TPSA) is 12.4 Å². The fourth-order valence-electron chi connectivity index (χ4n) is 3.02. The zero-order chi connectivity index (χ0) is 14.9. The molecule has 1 aliphatic heterocycles. The van der Waals surface area contributed by atoms with E-state index in [4.69, 9.17) is 4.99 Å². The Morgan fingerprint density at radius 1 is 0.818 bits per heavy atom. The van der Waals surface area contributed by atoms with Crippen LogP contribution in [0.4, 0.5) is 5.69 Å². The molecule has 4 rings (SSSR count). The van der Waals surface area contributed by atoms with Crippen LogP contribution in [0.25, 0.3) is 10.8 Å². The number of hydrogen-bond acceptors (Lipinski definition) is 1. The summed E-state index contributed by atoms with van der Waals surface area (Å²) >= 11 is 0. The Hall–Kier alpha value is -2.67. The average Bonchev–Trinajstić information content (AvgIpc) is 2.71. The molecule has 1 heteroatoms. The largest absolute Gasteiger partial charge is 0.248 e. The van der Waals surface area contributed by atoms with Crippen molar-refractivity contribution in [3.05, 3.63) is 89.5 Å². The second kappa shape index (κ2) is 5.27. The molecule has 1 heterocycles. The highest BCUT2D eigenvalue weighted by molar-refractivity contribution is 6.11. The van der Waals surface area contributed by atoms with Crippen LogP contribution >= 0.6 is 0 Å². The van der Waals surface area contributed by atoms with E-state index in [1.165, 1.54) is 27.5 Å². The molecule has 106 valence electrons. The van der Waals surface area contributed by atoms with Crippen molar-refractivity contribution in [3.8, 4) is 0 Å². The first-order chi connectivity index (χ1) is 10.8. The van der Waals surface area contributed by atoms with Gasteiger partial charge < -0.3 is 0 Å². The number of rotatable bonds is 1. The van der Waals surface area contributed by atoms with Crippen LogP contribution in [-0.4, -0.2) is 5.71 Å². The molecular weight excluding hydrogens is 266 g/mol. The molecule has 0 atom stereocenters. The molecule has 0 bridgehead atoms. The Labute approximate surface area is 130 Å². The van der Waals surface area contributed by atoms with Crippen molar-refractivity contribution in [1.82, 2.24) is 0 Å². The molecular formula is C21H17N. The summed E-state index contributed by atoms with van der Waals surface area (Å²) in [5.74, 6) is 0. The molecule has 0 amide bonds. The van der Waals surface area contributed by atoms with Crippen LogP contribution in [0.1, 0.15) is 18.1 Å². The third kappa shape index (κ3) is 2.35. The van der Waals surface area contributed by atoms with Crippen LogP contribution in [0.15, 0.2) is 83.4 Å². The monoisotopic (exact) mass is 283 g/mol. The lowest BCUT2D eigenvalue weighted by atomic mass is 10.00. The van der Waals surface area contributed by atoms with Gasteiger partial charge >= 0.3 is 0 Å². The summed E-state index contributed by atoms with van der Waals surface area (Å²) in [5, 5.41) is 2.53. The molecule has 3 aromatic carbocycles. The predicted octanol–water partition coefficient (Wildman–Crippen LogP) is 5.46. The lowest BCUT2D eigenvalue weighted by Gasteiger charge is -2.07. The number of nitrogens with zero attached hydrogens (tertiary/aromatic N) is 1. The summed E-state index contributed by atoms with van der Waals surface area (Å²) in [7, 11) is 0. The summed E-state index contributed by atoms with van der Waals surface area (Å²) < 4.78 is 0. The lowest BCUT2D eigenvalue weighted by molar-refractivity contribution is 1.16. The Kier molecular flexibility index (Phi) is 3.12. The zero-order valence-corrected chi connectivity index (χ0v) is 12.6. The van der Waals surface area contributed by atoms with Crippen LogP contribution in [0.5, 0.6) is 0 Å². The minimum absolute atomic E-state index is 0.958. The average molecular weight is 283 g/mol. The van der Waals surface area contributed by atoms with Gasteiger partial charge in [-0.2, -0.15) is 0 Å². The lowest BCUT2D eigenvalue weighted by Crippen LogP contribution is -1.96. The van der Waals surface area contributed by atoms with Gasteiger partial charge in [-0.15, -0.1) is 0 Å². The second-order valence-corrected chi connectivity index (χ2v) is 5.86. The number of hydrogen-bond donors (Lipinski definition) is 0. The van der Waals surface area contributed by atoms with Crippen LogP contribution < -0.4 is 0 Å². The predicted molar refractivity (Wildman–Crippen MR) is 94.0 cm³/mol. The maximum atomic E-state index is 4.95. The van der Waals surface area contributed by atoms with Gasteiger partial charge in [0.05, 0.1) is 11.4 Å². The van der Waals surface area contributed by atoms with Crippen molar-refractivity contribution in [2.75, 3.05) is 0 Å². The van der Waals surface area contributed by atoms with Crippen molar-refractivity contribution in [2.45, 2.75) is 13.3 Å². The van der Waals surface area contributed by atoms with E-state index in [0.29, 0.717) is 0 Å². The van der Waals surface area contributed by atoms with Gasteiger partial charge in [-0.1, -0.05) is 60.2 Å². The fourth-order valence-corrected chi connectivity index (χ4v) is 3.02. The van der Waals surface area contributed by atoms with Crippen LogP contribution in [0, 0.1) is 0 Å². The Morgan fingerprint density at radius 3 is 2.27 bits per heavy atom. The highest BCUT2D eigenvalue weighted by Gasteiger charge is 2.11. The summed E-state index contributed by atoms with van der Waals surface area (Å²) in [6.07, 6.45) is 3.17. The van der Waals surface area contributed by atoms with E-state index < -0.39 is 0 Å². The van der Waals surface area contributed by atoms with Crippen molar-refractivity contribution in [1.29, 1.82) is 0 Å². The molecule has 22 heavy (non-hydrogen) atoms. The number of benzene rings is 3. The van der Waals surface area contributed by atoms with Gasteiger partial charge in [0, 0.05) is 5.56 Å². The van der Waals surface area contributed by atoms with E-state index in [2.05, 4.69) is 73.7 Å². The molecule has 3 aromatic rings. The second-order valence-electron chi connectivity index (χ2n) is 5.86. The van der Waals surface area contributed by atoms with Gasteiger partial charge in [0.2, 0.25) is 0 Å². The fraction of sp³-hybridized carbons (Fsp3) is 0.0952. The van der Waals surface area contributed by atoms with Gasteiger partial charge in [-0.05, 0) is 47.9 Å². The zero-order valence-electron chi connectivity index (χ0n) is 12.6. The van der Waals surface area contributed by atoms with E-state index in [-0.39, 0.29) is 0 Å². The van der Waals surface area contributed by atoms with Crippen LogP contribution in [0.2, 0.25) is 0 Å². The Morgan fingerprint density at radius 2 is 1.50 bits per heavy atom. The van der Waals surface area contributed by atoms with Gasteiger partial charge in [-0.3, -0.25) is 0 Å². The Bertz CT molecular complexity index is 902. The smallest absolute Gasteiger partial charge is 0.0708 e. The number of aliphatic imine (C=N–C) groups is 1. The van der Waals surface area contributed by atoms with E-state index in [1.54, 1.807) is 0 Å². The maximum Gasteiger partial charge on any atom is 0.0708 e. The minimum Gasteiger partial charge on any atom is -0.248 e. The third-order valence-corrected chi connectivity index (χ3v) is 4.11. The highest BCUT2D eigenvalue weighted by atomic mass is 14.8. The molecule has 1 nitrogen and oxygen atoms in total. The standard InChI is InChI=1S/C21H17N/c1-15-11-19-13-17-9-5-6-10-18(17)14-21(19)22-20(12-15)16-7-3-2-4-8-16/h2-10,12-14H,11H2,1H3. The Balaban J connectivity index is 1.93. The molecule has 0 saturated heterocycles. The van der Waals surface area contributed by atoms with E-state index in [1.807, 2.05) is 6.07 Å². The molecule has 0 aliphatic carbocycles.